The second-order valence-electron chi connectivity index (χ2n) is 3.35. The van der Waals surface area contributed by atoms with Crippen LogP contribution in [0.4, 0.5) is 0 Å². The zero-order valence-electron chi connectivity index (χ0n) is 8.54. The van der Waals surface area contributed by atoms with Crippen molar-refractivity contribution >= 4 is 12.3 Å². The molecular weight excluding hydrogens is 160 g/mol. The summed E-state index contributed by atoms with van der Waals surface area (Å²) in [6, 6.07) is 0. The van der Waals surface area contributed by atoms with Gasteiger partial charge in [0, 0.05) is 11.9 Å². The number of rotatable bonds is 3. The second kappa shape index (κ2) is 3.60. The van der Waals surface area contributed by atoms with Gasteiger partial charge in [0.1, 0.15) is 5.82 Å². The Morgan fingerprint density at radius 3 is 2.38 bits per heavy atom. The first-order valence-corrected chi connectivity index (χ1v) is 4.45. The first-order valence-electron chi connectivity index (χ1n) is 4.45. The van der Waals surface area contributed by atoms with Crippen LogP contribution in [-0.2, 0) is 0 Å². The van der Waals surface area contributed by atoms with Gasteiger partial charge in [0.25, 0.3) is 0 Å². The van der Waals surface area contributed by atoms with Gasteiger partial charge in [-0.2, -0.15) is 0 Å². The predicted molar refractivity (Wildman–Crippen MR) is 57.5 cm³/mol. The Labute approximate surface area is 79.6 Å². The minimum atomic E-state index is 0.458. The van der Waals surface area contributed by atoms with Gasteiger partial charge in [-0.1, -0.05) is 27.0 Å². The van der Waals surface area contributed by atoms with E-state index >= 15 is 0 Å². The van der Waals surface area contributed by atoms with E-state index < -0.39 is 0 Å². The van der Waals surface area contributed by atoms with Crippen LogP contribution in [0.25, 0.3) is 12.3 Å². The topological polar surface area (TPSA) is 17.8 Å². The monoisotopic (exact) mass is 176 g/mol. The van der Waals surface area contributed by atoms with E-state index in [1.165, 1.54) is 5.69 Å². The summed E-state index contributed by atoms with van der Waals surface area (Å²) in [6.45, 7) is 13.8. The Bertz CT molecular complexity index is 332. The number of aryl methyl sites for hydroxylation is 1. The molecule has 0 aliphatic carbocycles. The number of imidazole rings is 1. The fourth-order valence-electron chi connectivity index (χ4n) is 1.61. The van der Waals surface area contributed by atoms with Crippen molar-refractivity contribution in [3.05, 3.63) is 30.4 Å². The van der Waals surface area contributed by atoms with Crippen molar-refractivity contribution in [2.45, 2.75) is 26.7 Å². The Morgan fingerprint density at radius 1 is 1.38 bits per heavy atom. The molecule has 2 nitrogen and oxygen atoms in total. The predicted octanol–water partition coefficient (Wildman–Crippen LogP) is 3.06. The van der Waals surface area contributed by atoms with E-state index in [0.717, 1.165) is 11.5 Å². The highest BCUT2D eigenvalue weighted by Gasteiger charge is 2.12. The molecular formula is C11H16N2. The third-order valence-corrected chi connectivity index (χ3v) is 2.07. The molecule has 0 aliphatic rings. The minimum absolute atomic E-state index is 0.458. The molecule has 1 aromatic rings. The van der Waals surface area contributed by atoms with Crippen LogP contribution in [0.1, 0.15) is 37.0 Å². The fraction of sp³-hybridized carbons (Fsp3) is 0.364. The summed E-state index contributed by atoms with van der Waals surface area (Å²) in [5.74, 6) is 1.33. The van der Waals surface area contributed by atoms with E-state index in [0.29, 0.717) is 5.92 Å². The Morgan fingerprint density at radius 2 is 2.00 bits per heavy atom. The molecule has 0 aliphatic heterocycles. The largest absolute Gasteiger partial charge is 0.304 e. The lowest BCUT2D eigenvalue weighted by atomic mass is 10.1. The minimum Gasteiger partial charge on any atom is -0.304 e. The highest BCUT2D eigenvalue weighted by molar-refractivity contribution is 5.46. The molecule has 0 atom stereocenters. The van der Waals surface area contributed by atoms with Gasteiger partial charge in [0.2, 0.25) is 0 Å². The lowest BCUT2D eigenvalue weighted by molar-refractivity contribution is 0.792. The highest BCUT2D eigenvalue weighted by atomic mass is 15.1. The summed E-state index contributed by atoms with van der Waals surface area (Å²) >= 11 is 0. The van der Waals surface area contributed by atoms with Crippen molar-refractivity contribution in [3.63, 3.8) is 0 Å². The van der Waals surface area contributed by atoms with Crippen LogP contribution in [0.2, 0.25) is 0 Å². The maximum atomic E-state index is 4.39. The average Bonchev–Trinajstić information content (AvgIpc) is 2.41. The van der Waals surface area contributed by atoms with Crippen molar-refractivity contribution in [2.24, 2.45) is 0 Å². The standard InChI is InChI=1S/C11H16N2/c1-6-10-12-9(5)11(8(3)4)13(10)7-2/h6-8H,1-2H2,3-5H3. The van der Waals surface area contributed by atoms with Gasteiger partial charge in [-0.15, -0.1) is 0 Å². The smallest absolute Gasteiger partial charge is 0.136 e. The first-order chi connectivity index (χ1) is 6.11. The molecule has 0 saturated carbocycles. The van der Waals surface area contributed by atoms with Crippen LogP contribution in [0.15, 0.2) is 13.2 Å². The van der Waals surface area contributed by atoms with Crippen molar-refractivity contribution in [3.8, 4) is 0 Å². The highest BCUT2D eigenvalue weighted by Crippen LogP contribution is 2.21. The van der Waals surface area contributed by atoms with Crippen LogP contribution in [0, 0.1) is 6.92 Å². The normalized spacial score (nSPS) is 10.5. The molecule has 1 aromatic heterocycles. The number of hydrogen-bond acceptors (Lipinski definition) is 1. The molecule has 0 saturated heterocycles. The van der Waals surface area contributed by atoms with Crippen LogP contribution < -0.4 is 0 Å². The molecule has 0 bridgehead atoms. The lowest BCUT2D eigenvalue weighted by Crippen LogP contribution is -1.99. The maximum absolute atomic E-state index is 4.39. The zero-order chi connectivity index (χ0) is 10.0. The van der Waals surface area contributed by atoms with E-state index in [4.69, 9.17) is 0 Å². The first kappa shape index (κ1) is 9.78. The van der Waals surface area contributed by atoms with Gasteiger partial charge in [0.05, 0.1) is 5.69 Å². The third kappa shape index (κ3) is 1.57. The molecule has 0 aromatic carbocycles. The van der Waals surface area contributed by atoms with Crippen molar-refractivity contribution in [1.82, 2.24) is 9.55 Å². The fourth-order valence-corrected chi connectivity index (χ4v) is 1.61. The number of aromatic nitrogens is 2. The zero-order valence-corrected chi connectivity index (χ0v) is 8.54. The average molecular weight is 176 g/mol. The SMILES string of the molecule is C=Cc1nc(C)c(C(C)C)n1C=C. The Balaban J connectivity index is 3.39. The van der Waals surface area contributed by atoms with E-state index in [1.807, 2.05) is 11.5 Å². The van der Waals surface area contributed by atoms with Gasteiger partial charge in [-0.3, -0.25) is 0 Å². The Kier molecular flexibility index (Phi) is 2.71. The van der Waals surface area contributed by atoms with E-state index in [-0.39, 0.29) is 0 Å². The summed E-state index contributed by atoms with van der Waals surface area (Å²) in [5, 5.41) is 0. The molecule has 1 rings (SSSR count). The maximum Gasteiger partial charge on any atom is 0.136 e. The van der Waals surface area contributed by atoms with Crippen LogP contribution in [0.5, 0.6) is 0 Å². The summed E-state index contributed by atoms with van der Waals surface area (Å²) in [7, 11) is 0. The third-order valence-electron chi connectivity index (χ3n) is 2.07. The summed E-state index contributed by atoms with van der Waals surface area (Å²) in [5.41, 5.74) is 2.27. The molecule has 0 N–H and O–H groups in total. The molecule has 0 fully saturated rings. The molecule has 0 unspecified atom stereocenters. The molecule has 2 heteroatoms. The summed E-state index contributed by atoms with van der Waals surface area (Å²) in [6.07, 6.45) is 3.53. The van der Waals surface area contributed by atoms with Crippen molar-refractivity contribution in [2.75, 3.05) is 0 Å². The second-order valence-corrected chi connectivity index (χ2v) is 3.35. The Hall–Kier alpha value is -1.31. The van der Waals surface area contributed by atoms with Gasteiger partial charge < -0.3 is 4.57 Å². The number of hydrogen-bond donors (Lipinski definition) is 0. The van der Waals surface area contributed by atoms with Crippen molar-refractivity contribution < 1.29 is 0 Å². The molecule has 1 heterocycles. The number of nitrogens with zero attached hydrogens (tertiary/aromatic N) is 2. The molecule has 0 spiro atoms. The van der Waals surface area contributed by atoms with Crippen LogP contribution in [0.3, 0.4) is 0 Å². The molecule has 13 heavy (non-hydrogen) atoms. The molecule has 70 valence electrons. The van der Waals surface area contributed by atoms with Crippen LogP contribution >= 0.6 is 0 Å². The van der Waals surface area contributed by atoms with E-state index in [2.05, 4.69) is 32.0 Å². The van der Waals surface area contributed by atoms with Crippen molar-refractivity contribution in [1.29, 1.82) is 0 Å². The van der Waals surface area contributed by atoms with E-state index in [9.17, 15) is 0 Å². The van der Waals surface area contributed by atoms with Gasteiger partial charge in [-0.05, 0) is 18.9 Å². The molecule has 0 amide bonds. The molecule has 0 radical (unpaired) electrons. The summed E-state index contributed by atoms with van der Waals surface area (Å²) < 4.78 is 1.99. The van der Waals surface area contributed by atoms with Gasteiger partial charge in [0.15, 0.2) is 0 Å². The quantitative estimate of drug-likeness (QED) is 0.692. The van der Waals surface area contributed by atoms with Gasteiger partial charge in [-0.25, -0.2) is 4.98 Å². The van der Waals surface area contributed by atoms with Gasteiger partial charge >= 0.3 is 0 Å². The van der Waals surface area contributed by atoms with E-state index in [1.54, 1.807) is 12.3 Å². The lowest BCUT2D eigenvalue weighted by Gasteiger charge is -2.08. The summed E-state index contributed by atoms with van der Waals surface area (Å²) in [4.78, 5) is 4.39. The van der Waals surface area contributed by atoms with Crippen LogP contribution in [-0.4, -0.2) is 9.55 Å².